The molecule has 1 aromatic carbocycles. The predicted octanol–water partition coefficient (Wildman–Crippen LogP) is 3.19. The van der Waals surface area contributed by atoms with Crippen LogP contribution in [-0.4, -0.2) is 19.6 Å². The largest absolute Gasteiger partial charge is 0.392 e. The second-order valence-corrected chi connectivity index (χ2v) is 9.02. The molecule has 1 aliphatic rings. The first-order valence-corrected chi connectivity index (χ1v) is 9.43. The van der Waals surface area contributed by atoms with Gasteiger partial charge in [0.05, 0.1) is 11.5 Å². The number of hydrogen-bond donors (Lipinski definition) is 2. The van der Waals surface area contributed by atoms with Crippen molar-refractivity contribution in [2.75, 3.05) is 0 Å². The lowest BCUT2D eigenvalue weighted by Gasteiger charge is -2.34. The third-order valence-electron chi connectivity index (χ3n) is 4.13. The Kier molecular flexibility index (Phi) is 5.13. The van der Waals surface area contributed by atoms with Crippen LogP contribution in [0.2, 0.25) is 0 Å². The molecule has 6 heteroatoms. The molecule has 21 heavy (non-hydrogen) atoms. The average molecular weight is 376 g/mol. The molecule has 2 N–H and O–H groups in total. The highest BCUT2D eigenvalue weighted by Crippen LogP contribution is 2.35. The Morgan fingerprint density at radius 1 is 1.33 bits per heavy atom. The quantitative estimate of drug-likeness (QED) is 0.848. The van der Waals surface area contributed by atoms with Crippen LogP contribution >= 0.6 is 15.9 Å². The van der Waals surface area contributed by atoms with Crippen molar-refractivity contribution in [3.63, 3.8) is 0 Å². The SMILES string of the molecule is CC1(C)CCC(NS(=O)(=O)c2cc(CO)ccc2Br)CC1. The van der Waals surface area contributed by atoms with E-state index in [-0.39, 0.29) is 17.5 Å². The van der Waals surface area contributed by atoms with Crippen LogP contribution in [0.3, 0.4) is 0 Å². The highest BCUT2D eigenvalue weighted by Gasteiger charge is 2.30. The van der Waals surface area contributed by atoms with Crippen LogP contribution in [0.15, 0.2) is 27.6 Å². The molecular weight excluding hydrogens is 354 g/mol. The van der Waals surface area contributed by atoms with E-state index in [4.69, 9.17) is 5.11 Å². The average Bonchev–Trinajstić information content (AvgIpc) is 2.41. The third-order valence-corrected chi connectivity index (χ3v) is 6.64. The van der Waals surface area contributed by atoms with Gasteiger partial charge in [-0.25, -0.2) is 13.1 Å². The maximum Gasteiger partial charge on any atom is 0.241 e. The fourth-order valence-corrected chi connectivity index (χ4v) is 4.97. The summed E-state index contributed by atoms with van der Waals surface area (Å²) in [5, 5.41) is 9.17. The Balaban J connectivity index is 2.16. The normalized spacial score (nSPS) is 19.6. The minimum Gasteiger partial charge on any atom is -0.392 e. The fraction of sp³-hybridized carbons (Fsp3) is 0.600. The van der Waals surface area contributed by atoms with Gasteiger partial charge in [-0.3, -0.25) is 0 Å². The van der Waals surface area contributed by atoms with E-state index >= 15 is 0 Å². The van der Waals surface area contributed by atoms with Crippen molar-refractivity contribution in [1.82, 2.24) is 4.72 Å². The Labute approximate surface area is 135 Å². The molecule has 0 saturated heterocycles. The lowest BCUT2D eigenvalue weighted by molar-refractivity contribution is 0.218. The van der Waals surface area contributed by atoms with E-state index < -0.39 is 10.0 Å². The molecule has 0 atom stereocenters. The van der Waals surface area contributed by atoms with Crippen LogP contribution in [0.1, 0.15) is 45.1 Å². The molecule has 0 aromatic heterocycles. The summed E-state index contributed by atoms with van der Waals surface area (Å²) >= 11 is 3.28. The molecule has 0 unspecified atom stereocenters. The number of sulfonamides is 1. The van der Waals surface area contributed by atoms with Gasteiger partial charge in [-0.05, 0) is 64.7 Å². The number of aliphatic hydroxyl groups is 1. The maximum atomic E-state index is 12.5. The number of hydrogen-bond acceptors (Lipinski definition) is 3. The topological polar surface area (TPSA) is 66.4 Å². The smallest absolute Gasteiger partial charge is 0.241 e. The van der Waals surface area contributed by atoms with Crippen LogP contribution in [0.5, 0.6) is 0 Å². The van der Waals surface area contributed by atoms with Gasteiger partial charge in [0.25, 0.3) is 0 Å². The van der Waals surface area contributed by atoms with E-state index in [2.05, 4.69) is 34.5 Å². The first-order chi connectivity index (χ1) is 9.73. The van der Waals surface area contributed by atoms with Crippen molar-refractivity contribution in [1.29, 1.82) is 0 Å². The standard InChI is InChI=1S/C15H22BrNO3S/c1-15(2)7-5-12(6-8-15)17-21(19,20)14-9-11(10-18)3-4-13(14)16/h3-4,9,12,17-18H,5-8,10H2,1-2H3. The first-order valence-electron chi connectivity index (χ1n) is 7.15. The van der Waals surface area contributed by atoms with Crippen molar-refractivity contribution in [2.24, 2.45) is 5.41 Å². The van der Waals surface area contributed by atoms with Crippen LogP contribution < -0.4 is 4.72 Å². The van der Waals surface area contributed by atoms with Gasteiger partial charge in [0.2, 0.25) is 10.0 Å². The van der Waals surface area contributed by atoms with Crippen molar-refractivity contribution in [3.8, 4) is 0 Å². The molecule has 1 aliphatic carbocycles. The molecule has 0 aliphatic heterocycles. The van der Waals surface area contributed by atoms with Gasteiger partial charge in [-0.15, -0.1) is 0 Å². The minimum absolute atomic E-state index is 0.00675. The number of benzene rings is 1. The van der Waals surface area contributed by atoms with E-state index in [1.165, 1.54) is 6.07 Å². The molecule has 1 aromatic rings. The lowest BCUT2D eigenvalue weighted by Crippen LogP contribution is -2.39. The van der Waals surface area contributed by atoms with E-state index in [9.17, 15) is 8.42 Å². The van der Waals surface area contributed by atoms with E-state index in [1.807, 2.05) is 0 Å². The summed E-state index contributed by atoms with van der Waals surface area (Å²) in [5.74, 6) is 0. The van der Waals surface area contributed by atoms with Gasteiger partial charge in [0, 0.05) is 10.5 Å². The molecule has 0 amide bonds. The minimum atomic E-state index is -3.57. The molecule has 118 valence electrons. The molecule has 4 nitrogen and oxygen atoms in total. The third kappa shape index (κ3) is 4.28. The molecule has 0 radical (unpaired) electrons. The van der Waals surface area contributed by atoms with Crippen LogP contribution in [0.4, 0.5) is 0 Å². The van der Waals surface area contributed by atoms with Gasteiger partial charge in [-0.1, -0.05) is 19.9 Å². The lowest BCUT2D eigenvalue weighted by atomic mass is 9.76. The van der Waals surface area contributed by atoms with Gasteiger partial charge in [0.1, 0.15) is 0 Å². The summed E-state index contributed by atoms with van der Waals surface area (Å²) < 4.78 is 28.4. The predicted molar refractivity (Wildman–Crippen MR) is 86.4 cm³/mol. The Morgan fingerprint density at radius 2 is 1.95 bits per heavy atom. The summed E-state index contributed by atoms with van der Waals surface area (Å²) in [6, 6.07) is 4.86. The van der Waals surface area contributed by atoms with Crippen molar-refractivity contribution < 1.29 is 13.5 Å². The van der Waals surface area contributed by atoms with Crippen LogP contribution in [0.25, 0.3) is 0 Å². The number of aliphatic hydroxyl groups excluding tert-OH is 1. The number of halogens is 1. The van der Waals surface area contributed by atoms with Crippen molar-refractivity contribution >= 4 is 26.0 Å². The van der Waals surface area contributed by atoms with Crippen molar-refractivity contribution in [2.45, 2.75) is 57.1 Å². The molecular formula is C15H22BrNO3S. The number of nitrogens with one attached hydrogen (secondary N) is 1. The molecule has 0 bridgehead atoms. The monoisotopic (exact) mass is 375 g/mol. The van der Waals surface area contributed by atoms with E-state index in [0.717, 1.165) is 25.7 Å². The summed E-state index contributed by atoms with van der Waals surface area (Å²) in [5.41, 5.74) is 0.891. The summed E-state index contributed by atoms with van der Waals surface area (Å²) in [4.78, 5) is 0.193. The second-order valence-electron chi connectivity index (χ2n) is 6.48. The van der Waals surface area contributed by atoms with Gasteiger partial charge < -0.3 is 5.11 Å². The van der Waals surface area contributed by atoms with Gasteiger partial charge in [0.15, 0.2) is 0 Å². The molecule has 0 heterocycles. The first kappa shape index (κ1) is 16.9. The summed E-state index contributed by atoms with van der Waals surface area (Å²) in [6.45, 7) is 4.27. The zero-order valence-electron chi connectivity index (χ0n) is 12.4. The molecule has 0 spiro atoms. The Hall–Kier alpha value is -0.430. The van der Waals surface area contributed by atoms with E-state index in [1.54, 1.807) is 12.1 Å². The number of rotatable bonds is 4. The van der Waals surface area contributed by atoms with Crippen molar-refractivity contribution in [3.05, 3.63) is 28.2 Å². The van der Waals surface area contributed by atoms with Gasteiger partial charge in [-0.2, -0.15) is 0 Å². The molecule has 1 saturated carbocycles. The summed E-state index contributed by atoms with van der Waals surface area (Å²) in [7, 11) is -3.57. The highest BCUT2D eigenvalue weighted by atomic mass is 79.9. The molecule has 2 rings (SSSR count). The zero-order chi connectivity index (χ0) is 15.7. The Morgan fingerprint density at radius 3 is 2.52 bits per heavy atom. The fourth-order valence-electron chi connectivity index (χ4n) is 2.65. The molecule has 1 fully saturated rings. The highest BCUT2D eigenvalue weighted by molar-refractivity contribution is 9.10. The van der Waals surface area contributed by atoms with Crippen LogP contribution in [0, 0.1) is 5.41 Å². The van der Waals surface area contributed by atoms with E-state index in [0.29, 0.717) is 15.5 Å². The Bertz CT molecular complexity index is 603. The second kappa shape index (κ2) is 6.36. The van der Waals surface area contributed by atoms with Gasteiger partial charge >= 0.3 is 0 Å². The maximum absolute atomic E-state index is 12.5. The summed E-state index contributed by atoms with van der Waals surface area (Å²) in [6.07, 6.45) is 3.78. The van der Waals surface area contributed by atoms with Crippen LogP contribution in [-0.2, 0) is 16.6 Å². The zero-order valence-corrected chi connectivity index (χ0v) is 14.8.